The summed E-state index contributed by atoms with van der Waals surface area (Å²) in [6.07, 6.45) is 0.949. The molecule has 1 aromatic carbocycles. The Hall–Kier alpha value is -1.28. The third-order valence-electron chi connectivity index (χ3n) is 2.80. The molecule has 2 aromatic rings. The van der Waals surface area contributed by atoms with E-state index < -0.39 is 0 Å². The van der Waals surface area contributed by atoms with Crippen LogP contribution in [-0.2, 0) is 13.5 Å². The standard InChI is InChI=1S/C12H16N2/c1-9-4-3-5-12-11(9)8-10(6-7-13)14(12)2/h3-5,8H,6-7,13H2,1-2H3. The highest BCUT2D eigenvalue weighted by Crippen LogP contribution is 2.21. The van der Waals surface area contributed by atoms with Crippen LogP contribution in [0.5, 0.6) is 0 Å². The van der Waals surface area contributed by atoms with Crippen molar-refractivity contribution in [2.75, 3.05) is 6.54 Å². The van der Waals surface area contributed by atoms with Crippen molar-refractivity contribution >= 4 is 10.9 Å². The zero-order valence-corrected chi connectivity index (χ0v) is 8.75. The Morgan fingerprint density at radius 3 is 2.79 bits per heavy atom. The fraction of sp³-hybridized carbons (Fsp3) is 0.333. The predicted molar refractivity (Wildman–Crippen MR) is 60.4 cm³/mol. The van der Waals surface area contributed by atoms with Gasteiger partial charge >= 0.3 is 0 Å². The SMILES string of the molecule is Cc1cccc2c1cc(CCN)n2C. The molecule has 0 radical (unpaired) electrons. The lowest BCUT2D eigenvalue weighted by Crippen LogP contribution is -2.06. The zero-order chi connectivity index (χ0) is 10.1. The summed E-state index contributed by atoms with van der Waals surface area (Å²) >= 11 is 0. The van der Waals surface area contributed by atoms with Gasteiger partial charge in [0.1, 0.15) is 0 Å². The van der Waals surface area contributed by atoms with E-state index in [-0.39, 0.29) is 0 Å². The molecule has 1 aromatic heterocycles. The second kappa shape index (κ2) is 3.46. The lowest BCUT2D eigenvalue weighted by atomic mass is 10.1. The van der Waals surface area contributed by atoms with Gasteiger partial charge in [-0.15, -0.1) is 0 Å². The molecule has 0 atom stereocenters. The molecule has 0 saturated heterocycles. The molecule has 0 aliphatic rings. The average Bonchev–Trinajstić information content (AvgIpc) is 2.48. The van der Waals surface area contributed by atoms with Crippen molar-refractivity contribution < 1.29 is 0 Å². The first kappa shape index (κ1) is 9.28. The van der Waals surface area contributed by atoms with Crippen LogP contribution in [-0.4, -0.2) is 11.1 Å². The maximum absolute atomic E-state index is 5.58. The Morgan fingerprint density at radius 1 is 1.36 bits per heavy atom. The van der Waals surface area contributed by atoms with Gasteiger partial charge in [-0.05, 0) is 37.6 Å². The minimum absolute atomic E-state index is 0.712. The molecule has 0 unspecified atom stereocenters. The Kier molecular flexibility index (Phi) is 2.30. The van der Waals surface area contributed by atoms with Gasteiger partial charge in [0.15, 0.2) is 0 Å². The molecule has 2 rings (SSSR count). The van der Waals surface area contributed by atoms with E-state index in [0.717, 1.165) is 6.42 Å². The van der Waals surface area contributed by atoms with Gasteiger partial charge in [0.05, 0.1) is 0 Å². The number of fused-ring (bicyclic) bond motifs is 1. The summed E-state index contributed by atoms with van der Waals surface area (Å²) in [5.74, 6) is 0. The molecule has 2 N–H and O–H groups in total. The van der Waals surface area contributed by atoms with E-state index in [1.807, 2.05) is 0 Å². The number of rotatable bonds is 2. The number of benzene rings is 1. The van der Waals surface area contributed by atoms with Gasteiger partial charge in [-0.1, -0.05) is 12.1 Å². The predicted octanol–water partition coefficient (Wildman–Crippen LogP) is 1.99. The molecule has 0 bridgehead atoms. The van der Waals surface area contributed by atoms with Crippen molar-refractivity contribution in [3.05, 3.63) is 35.5 Å². The van der Waals surface area contributed by atoms with Gasteiger partial charge in [0, 0.05) is 23.6 Å². The van der Waals surface area contributed by atoms with E-state index in [0.29, 0.717) is 6.54 Å². The normalized spacial score (nSPS) is 11.1. The summed E-state index contributed by atoms with van der Waals surface area (Å²) in [5, 5.41) is 1.35. The van der Waals surface area contributed by atoms with Crippen LogP contribution in [0.3, 0.4) is 0 Å². The minimum Gasteiger partial charge on any atom is -0.348 e. The molecule has 1 heterocycles. The summed E-state index contributed by atoms with van der Waals surface area (Å²) in [7, 11) is 2.10. The maximum Gasteiger partial charge on any atom is 0.0482 e. The fourth-order valence-corrected chi connectivity index (χ4v) is 1.95. The Labute approximate surface area is 84.3 Å². The number of aromatic nitrogens is 1. The largest absolute Gasteiger partial charge is 0.348 e. The van der Waals surface area contributed by atoms with Gasteiger partial charge in [0.25, 0.3) is 0 Å². The highest BCUT2D eigenvalue weighted by atomic mass is 14.9. The molecule has 0 fully saturated rings. The van der Waals surface area contributed by atoms with Crippen LogP contribution in [0, 0.1) is 6.92 Å². The first-order valence-corrected chi connectivity index (χ1v) is 4.98. The smallest absolute Gasteiger partial charge is 0.0482 e. The van der Waals surface area contributed by atoms with Gasteiger partial charge in [0.2, 0.25) is 0 Å². The van der Waals surface area contributed by atoms with Crippen molar-refractivity contribution in [1.82, 2.24) is 4.57 Å². The number of hydrogen-bond acceptors (Lipinski definition) is 1. The average molecular weight is 188 g/mol. The van der Waals surface area contributed by atoms with Crippen LogP contribution >= 0.6 is 0 Å². The lowest BCUT2D eigenvalue weighted by molar-refractivity contribution is 0.827. The van der Waals surface area contributed by atoms with E-state index in [4.69, 9.17) is 5.73 Å². The van der Waals surface area contributed by atoms with Gasteiger partial charge in [-0.2, -0.15) is 0 Å². The quantitative estimate of drug-likeness (QED) is 0.767. The molecule has 14 heavy (non-hydrogen) atoms. The number of aryl methyl sites for hydroxylation is 2. The number of nitrogens with two attached hydrogens (primary N) is 1. The van der Waals surface area contributed by atoms with Gasteiger partial charge in [-0.25, -0.2) is 0 Å². The van der Waals surface area contributed by atoms with Gasteiger partial charge in [-0.3, -0.25) is 0 Å². The van der Waals surface area contributed by atoms with E-state index in [2.05, 4.69) is 42.8 Å². The van der Waals surface area contributed by atoms with Crippen LogP contribution in [0.4, 0.5) is 0 Å². The van der Waals surface area contributed by atoms with E-state index >= 15 is 0 Å². The van der Waals surface area contributed by atoms with Crippen molar-refractivity contribution in [1.29, 1.82) is 0 Å². The van der Waals surface area contributed by atoms with Crippen LogP contribution in [0.1, 0.15) is 11.3 Å². The lowest BCUT2D eigenvalue weighted by Gasteiger charge is -2.01. The molecule has 0 aliphatic heterocycles. The molecular weight excluding hydrogens is 172 g/mol. The van der Waals surface area contributed by atoms with E-state index in [1.54, 1.807) is 0 Å². The maximum atomic E-state index is 5.58. The third-order valence-corrected chi connectivity index (χ3v) is 2.80. The molecule has 0 aliphatic carbocycles. The van der Waals surface area contributed by atoms with Crippen LogP contribution in [0.2, 0.25) is 0 Å². The zero-order valence-electron chi connectivity index (χ0n) is 8.75. The van der Waals surface area contributed by atoms with Crippen LogP contribution in [0.25, 0.3) is 10.9 Å². The monoisotopic (exact) mass is 188 g/mol. The Morgan fingerprint density at radius 2 is 2.14 bits per heavy atom. The molecule has 2 nitrogen and oxygen atoms in total. The number of hydrogen-bond donors (Lipinski definition) is 1. The van der Waals surface area contributed by atoms with Crippen molar-refractivity contribution in [2.45, 2.75) is 13.3 Å². The van der Waals surface area contributed by atoms with Gasteiger partial charge < -0.3 is 10.3 Å². The highest BCUT2D eigenvalue weighted by Gasteiger charge is 2.05. The van der Waals surface area contributed by atoms with Crippen LogP contribution < -0.4 is 5.73 Å². The summed E-state index contributed by atoms with van der Waals surface area (Å²) in [4.78, 5) is 0. The third kappa shape index (κ3) is 1.32. The molecule has 2 heteroatoms. The first-order valence-electron chi connectivity index (χ1n) is 4.98. The minimum atomic E-state index is 0.712. The van der Waals surface area contributed by atoms with Crippen molar-refractivity contribution in [3.63, 3.8) is 0 Å². The van der Waals surface area contributed by atoms with E-state index in [1.165, 1.54) is 22.2 Å². The molecule has 74 valence electrons. The number of nitrogens with zero attached hydrogens (tertiary/aromatic N) is 1. The summed E-state index contributed by atoms with van der Waals surface area (Å²) < 4.78 is 2.23. The second-order valence-corrected chi connectivity index (χ2v) is 3.74. The highest BCUT2D eigenvalue weighted by molar-refractivity contribution is 5.84. The molecular formula is C12H16N2. The first-order chi connectivity index (χ1) is 6.74. The summed E-state index contributed by atoms with van der Waals surface area (Å²) in [6.45, 7) is 2.86. The fourth-order valence-electron chi connectivity index (χ4n) is 1.95. The molecule has 0 amide bonds. The molecule has 0 spiro atoms. The Balaban J connectivity index is 2.67. The van der Waals surface area contributed by atoms with Crippen molar-refractivity contribution in [3.8, 4) is 0 Å². The second-order valence-electron chi connectivity index (χ2n) is 3.74. The van der Waals surface area contributed by atoms with Crippen LogP contribution in [0.15, 0.2) is 24.3 Å². The van der Waals surface area contributed by atoms with Crippen molar-refractivity contribution in [2.24, 2.45) is 12.8 Å². The summed E-state index contributed by atoms with van der Waals surface area (Å²) in [5.41, 5.74) is 9.53. The topological polar surface area (TPSA) is 30.9 Å². The Bertz CT molecular complexity index is 455. The molecule has 0 saturated carbocycles. The van der Waals surface area contributed by atoms with E-state index in [9.17, 15) is 0 Å². The summed E-state index contributed by atoms with van der Waals surface area (Å²) in [6, 6.07) is 8.65.